The van der Waals surface area contributed by atoms with Gasteiger partial charge in [0.25, 0.3) is 0 Å². The lowest BCUT2D eigenvalue weighted by atomic mass is 9.79. The van der Waals surface area contributed by atoms with Crippen molar-refractivity contribution in [3.8, 4) is 5.88 Å². The molecule has 4 rings (SSSR count). The van der Waals surface area contributed by atoms with Crippen molar-refractivity contribution >= 4 is 17.1 Å². The van der Waals surface area contributed by atoms with Gasteiger partial charge in [-0.05, 0) is 43.7 Å². The van der Waals surface area contributed by atoms with Crippen molar-refractivity contribution in [1.29, 1.82) is 0 Å². The molecule has 2 aromatic heterocycles. The minimum Gasteiger partial charge on any atom is -0.481 e. The number of carbonyl (C=O) groups excluding carboxylic acids is 1. The Kier molecular flexibility index (Phi) is 4.17. The first-order chi connectivity index (χ1) is 12.2. The first kappa shape index (κ1) is 16.1. The van der Waals surface area contributed by atoms with Crippen LogP contribution in [0.3, 0.4) is 0 Å². The van der Waals surface area contributed by atoms with Crippen LogP contribution in [0.1, 0.15) is 37.4 Å². The van der Waals surface area contributed by atoms with Crippen LogP contribution in [0.15, 0.2) is 24.4 Å². The van der Waals surface area contributed by atoms with Gasteiger partial charge in [-0.2, -0.15) is 0 Å². The van der Waals surface area contributed by atoms with Gasteiger partial charge in [-0.1, -0.05) is 0 Å². The minimum absolute atomic E-state index is 0.0707. The number of fused-ring (bicyclic) bond motifs is 1. The smallest absolute Gasteiger partial charge is 0.408 e. The van der Waals surface area contributed by atoms with Gasteiger partial charge < -0.3 is 20.5 Å². The fourth-order valence-corrected chi connectivity index (χ4v) is 3.93. The van der Waals surface area contributed by atoms with Gasteiger partial charge >= 0.3 is 6.09 Å². The quantitative estimate of drug-likeness (QED) is 0.888. The molecule has 2 atom stereocenters. The highest BCUT2D eigenvalue weighted by molar-refractivity contribution is 5.80. The Balaban J connectivity index is 1.71. The van der Waals surface area contributed by atoms with Crippen molar-refractivity contribution in [2.24, 2.45) is 11.7 Å². The van der Waals surface area contributed by atoms with Crippen molar-refractivity contribution < 1.29 is 14.3 Å². The van der Waals surface area contributed by atoms with E-state index in [1.54, 1.807) is 19.4 Å². The summed E-state index contributed by atoms with van der Waals surface area (Å²) >= 11 is 0. The second-order valence-electron chi connectivity index (χ2n) is 6.79. The first-order valence-electron chi connectivity index (χ1n) is 8.68. The number of carbonyl (C=O) groups is 1. The van der Waals surface area contributed by atoms with Crippen LogP contribution in [-0.4, -0.2) is 35.3 Å². The van der Waals surface area contributed by atoms with Crippen molar-refractivity contribution in [3.63, 3.8) is 0 Å². The Morgan fingerprint density at radius 1 is 1.24 bits per heavy atom. The van der Waals surface area contributed by atoms with E-state index in [0.717, 1.165) is 36.8 Å². The Hall–Kier alpha value is -2.41. The highest BCUT2D eigenvalue weighted by Crippen LogP contribution is 2.38. The van der Waals surface area contributed by atoms with Gasteiger partial charge in [-0.25, -0.2) is 9.78 Å². The van der Waals surface area contributed by atoms with Crippen molar-refractivity contribution in [2.75, 3.05) is 7.11 Å². The normalized spacial score (nSPS) is 29.3. The van der Waals surface area contributed by atoms with Crippen molar-refractivity contribution in [3.05, 3.63) is 30.0 Å². The third kappa shape index (κ3) is 3.00. The number of aromatic nitrogens is 2. The van der Waals surface area contributed by atoms with Crippen LogP contribution in [0.2, 0.25) is 0 Å². The molecule has 2 aromatic rings. The number of nitrogens with zero attached hydrogens (tertiary/aromatic N) is 2. The maximum atomic E-state index is 12.0. The van der Waals surface area contributed by atoms with Crippen LogP contribution in [0.25, 0.3) is 11.0 Å². The molecule has 3 N–H and O–H groups in total. The van der Waals surface area contributed by atoms with E-state index in [2.05, 4.69) is 15.3 Å². The van der Waals surface area contributed by atoms with E-state index in [0.29, 0.717) is 17.3 Å². The molecule has 2 fully saturated rings. The van der Waals surface area contributed by atoms with E-state index < -0.39 is 0 Å². The number of nitrogens with two attached hydrogens (primary N) is 1. The predicted molar refractivity (Wildman–Crippen MR) is 92.2 cm³/mol. The molecule has 0 aromatic carbocycles. The first-order valence-corrected chi connectivity index (χ1v) is 8.68. The molecule has 0 unspecified atom stereocenters. The molecule has 7 nitrogen and oxygen atoms in total. The number of alkyl carbamates (subject to hydrolysis) is 1. The lowest BCUT2D eigenvalue weighted by Gasteiger charge is -2.32. The molecule has 25 heavy (non-hydrogen) atoms. The number of hydrogen-bond acceptors (Lipinski definition) is 6. The molecule has 1 amide bonds. The van der Waals surface area contributed by atoms with E-state index in [1.165, 1.54) is 0 Å². The van der Waals surface area contributed by atoms with Crippen molar-refractivity contribution in [2.45, 2.75) is 43.9 Å². The second kappa shape index (κ2) is 6.48. The van der Waals surface area contributed by atoms with Crippen molar-refractivity contribution in [1.82, 2.24) is 15.3 Å². The Bertz CT molecular complexity index is 789. The minimum atomic E-state index is -0.378. The molecule has 0 spiro atoms. The number of ether oxygens (including phenoxy) is 2. The van der Waals surface area contributed by atoms with E-state index >= 15 is 0 Å². The fraction of sp³-hybridized carbons (Fsp3) is 0.500. The maximum absolute atomic E-state index is 12.0. The predicted octanol–water partition coefficient (Wildman–Crippen LogP) is 2.31. The molecular weight excluding hydrogens is 320 g/mol. The summed E-state index contributed by atoms with van der Waals surface area (Å²) in [6.07, 6.45) is 4.91. The largest absolute Gasteiger partial charge is 0.481 e. The van der Waals surface area contributed by atoms with Gasteiger partial charge in [0.05, 0.1) is 24.2 Å². The summed E-state index contributed by atoms with van der Waals surface area (Å²) in [7, 11) is 1.58. The van der Waals surface area contributed by atoms with Gasteiger partial charge in [-0.15, -0.1) is 0 Å². The Morgan fingerprint density at radius 3 is 2.80 bits per heavy atom. The zero-order valence-corrected chi connectivity index (χ0v) is 14.1. The molecule has 0 radical (unpaired) electrons. The standard InChI is InChI=1S/C18H22N4O3/c1-24-14-7-6-13-16(21-14)12(8-9-20-13)17-15(22-18(23)25-17)10-2-4-11(19)5-3-10/h6-11,15,17H,2-5,19H2,1H3,(H,22,23)/t10?,11?,15-,17-/m1/s1. The summed E-state index contributed by atoms with van der Waals surface area (Å²) in [5.41, 5.74) is 8.35. The van der Waals surface area contributed by atoms with E-state index in [4.69, 9.17) is 15.2 Å². The number of amides is 1. The van der Waals surface area contributed by atoms with Crippen LogP contribution in [0, 0.1) is 5.92 Å². The summed E-state index contributed by atoms with van der Waals surface area (Å²) < 4.78 is 10.9. The van der Waals surface area contributed by atoms with E-state index in [-0.39, 0.29) is 24.3 Å². The zero-order valence-electron chi connectivity index (χ0n) is 14.1. The summed E-state index contributed by atoms with van der Waals surface area (Å²) in [4.78, 5) is 20.9. The number of hydrogen-bond donors (Lipinski definition) is 2. The van der Waals surface area contributed by atoms with Crippen LogP contribution in [0.5, 0.6) is 5.88 Å². The number of methoxy groups -OCH3 is 1. The third-order valence-corrected chi connectivity index (χ3v) is 5.27. The van der Waals surface area contributed by atoms with Crippen LogP contribution in [-0.2, 0) is 4.74 Å². The number of nitrogens with one attached hydrogen (secondary N) is 1. The molecule has 0 bridgehead atoms. The second-order valence-corrected chi connectivity index (χ2v) is 6.79. The van der Waals surface area contributed by atoms with E-state index in [1.807, 2.05) is 12.1 Å². The molecule has 2 aliphatic rings. The van der Waals surface area contributed by atoms with Gasteiger partial charge in [0, 0.05) is 23.9 Å². The molecule has 132 valence electrons. The molecule has 3 heterocycles. The van der Waals surface area contributed by atoms with E-state index in [9.17, 15) is 4.79 Å². The summed E-state index contributed by atoms with van der Waals surface area (Å²) in [6.45, 7) is 0. The van der Waals surface area contributed by atoms with Crippen LogP contribution in [0.4, 0.5) is 4.79 Å². The fourth-order valence-electron chi connectivity index (χ4n) is 3.93. The number of cyclic esters (lactones) is 1. The molecule has 1 aliphatic heterocycles. The summed E-state index contributed by atoms with van der Waals surface area (Å²) in [5.74, 6) is 0.865. The lowest BCUT2D eigenvalue weighted by Crippen LogP contribution is -2.39. The average Bonchev–Trinajstić information content (AvgIpc) is 3.03. The summed E-state index contributed by atoms with van der Waals surface area (Å²) in [6, 6.07) is 5.71. The van der Waals surface area contributed by atoms with Gasteiger partial charge in [-0.3, -0.25) is 4.98 Å². The Morgan fingerprint density at radius 2 is 2.04 bits per heavy atom. The molecule has 1 saturated heterocycles. The molecule has 7 heteroatoms. The Labute approximate surface area is 145 Å². The van der Waals surface area contributed by atoms with Gasteiger partial charge in [0.15, 0.2) is 6.10 Å². The van der Waals surface area contributed by atoms with Crippen LogP contribution >= 0.6 is 0 Å². The van der Waals surface area contributed by atoms with Gasteiger partial charge in [0.1, 0.15) is 0 Å². The van der Waals surface area contributed by atoms with Crippen LogP contribution < -0.4 is 15.8 Å². The topological polar surface area (TPSA) is 99.4 Å². The SMILES string of the molecule is COc1ccc2nccc([C@H]3OC(=O)N[C@@H]3C3CCC(N)CC3)c2n1. The molecule has 1 saturated carbocycles. The molecular formula is C18H22N4O3. The summed E-state index contributed by atoms with van der Waals surface area (Å²) in [5, 5.41) is 3.00. The van der Waals surface area contributed by atoms with Gasteiger partial charge in [0.2, 0.25) is 5.88 Å². The third-order valence-electron chi connectivity index (χ3n) is 5.27. The lowest BCUT2D eigenvalue weighted by molar-refractivity contribution is 0.116. The number of pyridine rings is 2. The number of rotatable bonds is 3. The maximum Gasteiger partial charge on any atom is 0.408 e. The highest BCUT2D eigenvalue weighted by atomic mass is 16.6. The highest BCUT2D eigenvalue weighted by Gasteiger charge is 2.42. The monoisotopic (exact) mass is 342 g/mol. The average molecular weight is 342 g/mol. The zero-order chi connectivity index (χ0) is 17.4. The molecule has 1 aliphatic carbocycles.